The van der Waals surface area contributed by atoms with Crippen LogP contribution in [-0.2, 0) is 23.1 Å². The van der Waals surface area contributed by atoms with Gasteiger partial charge in [-0.05, 0) is 72.5 Å². The highest BCUT2D eigenvalue weighted by Crippen LogP contribution is 2.31. The Morgan fingerprint density at radius 2 is 1.88 bits per heavy atom. The van der Waals surface area contributed by atoms with Gasteiger partial charge in [-0.1, -0.05) is 30.3 Å². The lowest BCUT2D eigenvalue weighted by atomic mass is 9.78. The number of ether oxygens (including phenoxy) is 1. The zero-order valence-electron chi connectivity index (χ0n) is 18.1. The van der Waals surface area contributed by atoms with Crippen LogP contribution in [0.1, 0.15) is 29.5 Å². The summed E-state index contributed by atoms with van der Waals surface area (Å²) in [6.07, 6.45) is 1.05. The van der Waals surface area contributed by atoms with E-state index in [0.29, 0.717) is 25.3 Å². The summed E-state index contributed by atoms with van der Waals surface area (Å²) < 4.78 is 11.7. The van der Waals surface area contributed by atoms with Crippen molar-refractivity contribution in [1.29, 1.82) is 0 Å². The molecule has 0 saturated carbocycles. The van der Waals surface area contributed by atoms with Gasteiger partial charge >= 0.3 is 5.97 Å². The largest absolute Gasteiger partial charge is 0.493 e. The third kappa shape index (κ3) is 4.75. The summed E-state index contributed by atoms with van der Waals surface area (Å²) in [5.74, 6) is 1.33. The quantitative estimate of drug-likeness (QED) is 0.345. The summed E-state index contributed by atoms with van der Waals surface area (Å²) in [4.78, 5) is 16.6. The van der Waals surface area contributed by atoms with Crippen LogP contribution in [0.5, 0.6) is 5.75 Å². The van der Waals surface area contributed by atoms with Crippen molar-refractivity contribution >= 4 is 17.3 Å². The number of thiophene rings is 1. The van der Waals surface area contributed by atoms with Crippen LogP contribution in [0.25, 0.3) is 11.5 Å². The van der Waals surface area contributed by atoms with E-state index in [2.05, 4.69) is 4.98 Å². The molecule has 0 amide bonds. The number of hydrogen-bond donors (Lipinski definition) is 1. The first-order valence-corrected chi connectivity index (χ1v) is 11.4. The van der Waals surface area contributed by atoms with Crippen LogP contribution in [0.4, 0.5) is 0 Å². The molecule has 0 aliphatic carbocycles. The zero-order valence-corrected chi connectivity index (χ0v) is 18.9. The number of aryl methyl sites for hydroxylation is 1. The van der Waals surface area contributed by atoms with Crippen LogP contribution in [-0.4, -0.2) is 22.7 Å². The number of oxazole rings is 1. The number of nitrogens with zero attached hydrogens (tertiary/aromatic N) is 1. The fourth-order valence-electron chi connectivity index (χ4n) is 3.62. The molecule has 2 aromatic carbocycles. The van der Waals surface area contributed by atoms with Crippen molar-refractivity contribution in [3.05, 3.63) is 94.0 Å². The number of aliphatic carboxylic acids is 1. The summed E-state index contributed by atoms with van der Waals surface area (Å²) in [7, 11) is 0. The fraction of sp³-hybridized carbons (Fsp3) is 0.231. The summed E-state index contributed by atoms with van der Waals surface area (Å²) in [6.45, 7) is 4.16. The number of benzene rings is 2. The second-order valence-electron chi connectivity index (χ2n) is 7.96. The van der Waals surface area contributed by atoms with E-state index in [9.17, 15) is 9.90 Å². The van der Waals surface area contributed by atoms with Crippen LogP contribution in [0.2, 0.25) is 0 Å². The Hall–Kier alpha value is -3.38. The SMILES string of the molecule is Cc1oc(-c2ccccc2)nc1CCOc1ccc(CC(C)(C(=O)O)c2ccsc2)cc1. The highest BCUT2D eigenvalue weighted by Gasteiger charge is 2.35. The van der Waals surface area contributed by atoms with E-state index in [1.807, 2.05) is 78.3 Å². The Morgan fingerprint density at radius 3 is 2.53 bits per heavy atom. The second-order valence-corrected chi connectivity index (χ2v) is 8.74. The number of carboxylic acid groups (broad SMARTS) is 1. The fourth-order valence-corrected chi connectivity index (χ4v) is 4.41. The molecule has 1 atom stereocenters. The smallest absolute Gasteiger partial charge is 0.314 e. The highest BCUT2D eigenvalue weighted by molar-refractivity contribution is 7.08. The Balaban J connectivity index is 1.36. The van der Waals surface area contributed by atoms with Crippen LogP contribution in [0.3, 0.4) is 0 Å². The number of rotatable bonds is 9. The molecule has 0 fully saturated rings. The number of carbonyl (C=O) groups is 1. The van der Waals surface area contributed by atoms with Crippen molar-refractivity contribution in [3.8, 4) is 17.2 Å². The standard InChI is InChI=1S/C26H25NO4S/c1-18-23(27-24(31-18)20-6-4-3-5-7-20)12-14-30-22-10-8-19(9-11-22)16-26(2,25(28)29)21-13-15-32-17-21/h3-11,13,15,17H,12,14,16H2,1-2H3,(H,28,29). The molecule has 0 spiro atoms. The van der Waals surface area contributed by atoms with Gasteiger partial charge in [0.05, 0.1) is 17.7 Å². The lowest BCUT2D eigenvalue weighted by Gasteiger charge is -2.24. The molecule has 2 aromatic heterocycles. The highest BCUT2D eigenvalue weighted by atomic mass is 32.1. The van der Waals surface area contributed by atoms with Gasteiger partial charge in [0, 0.05) is 12.0 Å². The maximum absolute atomic E-state index is 12.0. The van der Waals surface area contributed by atoms with Crippen molar-refractivity contribution in [3.63, 3.8) is 0 Å². The van der Waals surface area contributed by atoms with Gasteiger partial charge in [-0.25, -0.2) is 4.98 Å². The first-order valence-electron chi connectivity index (χ1n) is 10.5. The Morgan fingerprint density at radius 1 is 1.12 bits per heavy atom. The first kappa shape index (κ1) is 21.8. The topological polar surface area (TPSA) is 72.6 Å². The van der Waals surface area contributed by atoms with Gasteiger partial charge in [-0.15, -0.1) is 0 Å². The van der Waals surface area contributed by atoms with Gasteiger partial charge in [0.2, 0.25) is 5.89 Å². The summed E-state index contributed by atoms with van der Waals surface area (Å²) >= 11 is 1.51. The van der Waals surface area contributed by atoms with Crippen molar-refractivity contribution in [1.82, 2.24) is 4.98 Å². The van der Waals surface area contributed by atoms with E-state index in [1.54, 1.807) is 6.92 Å². The first-order chi connectivity index (χ1) is 15.5. The zero-order chi connectivity index (χ0) is 22.6. The molecule has 32 heavy (non-hydrogen) atoms. The Bertz CT molecular complexity index is 1170. The Labute approximate surface area is 191 Å². The van der Waals surface area contributed by atoms with E-state index in [0.717, 1.165) is 33.9 Å². The monoisotopic (exact) mass is 447 g/mol. The molecule has 4 aromatic rings. The van der Waals surface area contributed by atoms with E-state index in [4.69, 9.17) is 9.15 Å². The third-order valence-electron chi connectivity index (χ3n) is 5.63. The molecular weight excluding hydrogens is 422 g/mol. The minimum absolute atomic E-state index is 0.416. The van der Waals surface area contributed by atoms with Gasteiger partial charge in [-0.2, -0.15) is 11.3 Å². The minimum atomic E-state index is -0.955. The van der Waals surface area contributed by atoms with Crippen molar-refractivity contribution in [2.75, 3.05) is 6.61 Å². The van der Waals surface area contributed by atoms with Crippen molar-refractivity contribution < 1.29 is 19.1 Å². The Kier molecular flexibility index (Phi) is 6.42. The molecule has 0 aliphatic heterocycles. The van der Waals surface area contributed by atoms with E-state index in [-0.39, 0.29) is 0 Å². The van der Waals surface area contributed by atoms with Gasteiger partial charge in [0.1, 0.15) is 11.5 Å². The van der Waals surface area contributed by atoms with Crippen LogP contribution in [0, 0.1) is 6.92 Å². The molecular formula is C26H25NO4S. The molecule has 0 radical (unpaired) electrons. The lowest BCUT2D eigenvalue weighted by molar-refractivity contribution is -0.143. The van der Waals surface area contributed by atoms with Gasteiger partial charge in [0.15, 0.2) is 0 Å². The predicted octanol–water partition coefficient (Wildman–Crippen LogP) is 5.92. The summed E-state index contributed by atoms with van der Waals surface area (Å²) in [5, 5.41) is 13.6. The van der Waals surface area contributed by atoms with Gasteiger partial charge < -0.3 is 14.3 Å². The van der Waals surface area contributed by atoms with Crippen LogP contribution < -0.4 is 4.74 Å². The summed E-state index contributed by atoms with van der Waals surface area (Å²) in [5.41, 5.74) is 2.66. The van der Waals surface area contributed by atoms with Gasteiger partial charge in [0.25, 0.3) is 0 Å². The van der Waals surface area contributed by atoms with E-state index < -0.39 is 11.4 Å². The maximum atomic E-state index is 12.0. The minimum Gasteiger partial charge on any atom is -0.493 e. The number of hydrogen-bond acceptors (Lipinski definition) is 5. The van der Waals surface area contributed by atoms with Crippen molar-refractivity contribution in [2.45, 2.75) is 32.1 Å². The molecule has 1 N–H and O–H groups in total. The van der Waals surface area contributed by atoms with Gasteiger partial charge in [-0.3, -0.25) is 4.79 Å². The lowest BCUT2D eigenvalue weighted by Crippen LogP contribution is -2.34. The summed E-state index contributed by atoms with van der Waals surface area (Å²) in [6, 6.07) is 19.3. The number of aromatic nitrogens is 1. The maximum Gasteiger partial charge on any atom is 0.314 e. The molecule has 0 aliphatic rings. The molecule has 0 saturated heterocycles. The van der Waals surface area contributed by atoms with Crippen molar-refractivity contribution in [2.24, 2.45) is 0 Å². The van der Waals surface area contributed by atoms with Crippen LogP contribution in [0.15, 0.2) is 75.8 Å². The average molecular weight is 448 g/mol. The normalized spacial score (nSPS) is 12.9. The molecule has 4 rings (SSSR count). The third-order valence-corrected chi connectivity index (χ3v) is 6.32. The van der Waals surface area contributed by atoms with E-state index >= 15 is 0 Å². The molecule has 2 heterocycles. The molecule has 1 unspecified atom stereocenters. The van der Waals surface area contributed by atoms with E-state index in [1.165, 1.54) is 11.3 Å². The average Bonchev–Trinajstić information content (AvgIpc) is 3.46. The van der Waals surface area contributed by atoms with Crippen LogP contribution >= 0.6 is 11.3 Å². The molecule has 5 nitrogen and oxygen atoms in total. The second kappa shape index (κ2) is 9.40. The molecule has 6 heteroatoms. The number of carboxylic acids is 1. The molecule has 0 bridgehead atoms. The predicted molar refractivity (Wildman–Crippen MR) is 125 cm³/mol. The molecule has 164 valence electrons.